The second-order valence-corrected chi connectivity index (χ2v) is 3.59. The molecule has 0 spiro atoms. The minimum Gasteiger partial charge on any atom is -0.394 e. The van der Waals surface area contributed by atoms with E-state index in [1.165, 1.54) is 12.1 Å². The Bertz CT molecular complexity index is 391. The van der Waals surface area contributed by atoms with E-state index in [2.05, 4.69) is 4.98 Å². The summed E-state index contributed by atoms with van der Waals surface area (Å²) in [7, 11) is 0. The molecule has 0 fully saturated rings. The molecule has 108 valence electrons. The van der Waals surface area contributed by atoms with Gasteiger partial charge in [0, 0.05) is 24.5 Å². The Hall–Kier alpha value is -1.58. The van der Waals surface area contributed by atoms with Crippen LogP contribution in [-0.2, 0) is 4.79 Å². The average molecular weight is 275 g/mol. The number of rotatable bonds is 5. The molecule has 0 aromatic carbocycles. The van der Waals surface area contributed by atoms with Crippen molar-refractivity contribution in [2.45, 2.75) is 24.4 Å². The van der Waals surface area contributed by atoms with E-state index in [0.717, 1.165) is 0 Å². The quantitative estimate of drug-likeness (QED) is 0.313. The number of carbonyl (C=O) groups excluding carboxylic acids is 1. The Labute approximate surface area is 108 Å². The van der Waals surface area contributed by atoms with Crippen LogP contribution in [0.2, 0.25) is 0 Å². The van der Waals surface area contributed by atoms with Crippen LogP contribution < -0.4 is 5.43 Å². The average Bonchev–Trinajstić information content (AvgIpc) is 2.45. The van der Waals surface area contributed by atoms with Crippen molar-refractivity contribution in [1.29, 1.82) is 0 Å². The number of nitrogens with one attached hydrogen (secondary N) is 1. The highest BCUT2D eigenvalue weighted by atomic mass is 16.4. The molecule has 0 aliphatic carbocycles. The van der Waals surface area contributed by atoms with Crippen molar-refractivity contribution in [2.75, 3.05) is 6.61 Å². The normalized spacial score (nSPS) is 16.5. The van der Waals surface area contributed by atoms with E-state index < -0.39 is 31.0 Å². The van der Waals surface area contributed by atoms with Crippen LogP contribution in [0.4, 0.5) is 0 Å². The van der Waals surface area contributed by atoms with E-state index in [1.54, 1.807) is 12.4 Å². The molecule has 0 aliphatic heterocycles. The number of aromatic amines is 1. The van der Waals surface area contributed by atoms with Crippen molar-refractivity contribution in [1.82, 2.24) is 4.98 Å². The lowest BCUT2D eigenvalue weighted by Gasteiger charge is -2.22. The molecule has 0 radical (unpaired) electrons. The van der Waals surface area contributed by atoms with E-state index in [0.29, 0.717) is 0 Å². The highest BCUT2D eigenvalue weighted by Gasteiger charge is 2.29. The molecule has 4 unspecified atom stereocenters. The van der Waals surface area contributed by atoms with Gasteiger partial charge in [-0.3, -0.25) is 4.79 Å². The number of hydrogen-bond acceptors (Lipinski definition) is 7. The summed E-state index contributed by atoms with van der Waals surface area (Å²) in [6, 6.07) is 2.94. The second kappa shape index (κ2) is 9.36. The number of carbonyl (C=O) groups is 1. The summed E-state index contributed by atoms with van der Waals surface area (Å²) in [5.74, 6) is 0. The summed E-state index contributed by atoms with van der Waals surface area (Å²) < 4.78 is 0. The van der Waals surface area contributed by atoms with Crippen LogP contribution in [0.1, 0.15) is 0 Å². The first-order chi connectivity index (χ1) is 8.93. The second-order valence-electron chi connectivity index (χ2n) is 3.59. The van der Waals surface area contributed by atoms with E-state index in [4.69, 9.17) is 25.5 Å². The highest BCUT2D eigenvalue weighted by molar-refractivity contribution is 5.56. The number of H-pyrrole nitrogens is 1. The van der Waals surface area contributed by atoms with Gasteiger partial charge in [-0.2, -0.15) is 0 Å². The summed E-state index contributed by atoms with van der Waals surface area (Å²) in [5.41, 5.74) is 0.0405. The molecule has 4 atom stereocenters. The molecule has 0 saturated heterocycles. The van der Waals surface area contributed by atoms with E-state index in [-0.39, 0.29) is 11.7 Å². The fourth-order valence-corrected chi connectivity index (χ4v) is 0.990. The lowest BCUT2D eigenvalue weighted by molar-refractivity contribution is -0.136. The maximum absolute atomic E-state index is 10.2. The van der Waals surface area contributed by atoms with Gasteiger partial charge in [0.2, 0.25) is 0 Å². The van der Waals surface area contributed by atoms with Crippen molar-refractivity contribution in [2.24, 2.45) is 0 Å². The third-order valence-electron chi connectivity index (χ3n) is 2.11. The van der Waals surface area contributed by atoms with E-state index >= 15 is 0 Å². The van der Waals surface area contributed by atoms with Gasteiger partial charge < -0.3 is 35.3 Å². The summed E-state index contributed by atoms with van der Waals surface area (Å²) in [5, 5.41) is 43.5. The molecule has 1 rings (SSSR count). The molecule has 0 bridgehead atoms. The lowest BCUT2D eigenvalue weighted by atomic mass is 10.0. The number of pyridine rings is 1. The Morgan fingerprint density at radius 3 is 1.95 bits per heavy atom. The molecule has 0 amide bonds. The van der Waals surface area contributed by atoms with Gasteiger partial charge in [-0.15, -0.1) is 0 Å². The molecule has 1 aromatic heterocycles. The summed E-state index contributed by atoms with van der Waals surface area (Å²) in [6.07, 6.45) is -3.64. The third kappa shape index (κ3) is 6.79. The SMILES string of the molecule is O=CC(O)C(O)C(O)C(O)CO.O=c1cc[nH]cc1. The Morgan fingerprint density at radius 1 is 1.11 bits per heavy atom. The van der Waals surface area contributed by atoms with Crippen molar-refractivity contribution in [3.8, 4) is 0 Å². The summed E-state index contributed by atoms with van der Waals surface area (Å²) in [4.78, 5) is 22.9. The topological polar surface area (TPSA) is 151 Å². The largest absolute Gasteiger partial charge is 0.394 e. The fraction of sp³-hybridized carbons (Fsp3) is 0.455. The predicted molar refractivity (Wildman–Crippen MR) is 64.2 cm³/mol. The molecule has 1 heterocycles. The molecular formula is C11H17NO7. The number of aliphatic hydroxyl groups is 5. The van der Waals surface area contributed by atoms with Crippen LogP contribution >= 0.6 is 0 Å². The monoisotopic (exact) mass is 275 g/mol. The minimum absolute atomic E-state index is 0.0258. The summed E-state index contributed by atoms with van der Waals surface area (Å²) >= 11 is 0. The first kappa shape index (κ1) is 17.4. The number of aliphatic hydroxyl groups excluding tert-OH is 5. The molecule has 8 heteroatoms. The highest BCUT2D eigenvalue weighted by Crippen LogP contribution is 2.02. The number of hydrogen-bond donors (Lipinski definition) is 6. The van der Waals surface area contributed by atoms with Crippen molar-refractivity contribution in [3.05, 3.63) is 34.7 Å². The van der Waals surface area contributed by atoms with Crippen LogP contribution in [0.5, 0.6) is 0 Å². The van der Waals surface area contributed by atoms with Crippen LogP contribution in [0.25, 0.3) is 0 Å². The zero-order chi connectivity index (χ0) is 14.8. The Balaban J connectivity index is 0.000000388. The molecule has 19 heavy (non-hydrogen) atoms. The smallest absolute Gasteiger partial charge is 0.181 e. The molecule has 8 nitrogen and oxygen atoms in total. The van der Waals surface area contributed by atoms with Crippen molar-refractivity contribution >= 4 is 6.29 Å². The fourth-order valence-electron chi connectivity index (χ4n) is 0.990. The zero-order valence-electron chi connectivity index (χ0n) is 9.96. The Morgan fingerprint density at radius 2 is 1.63 bits per heavy atom. The first-order valence-corrected chi connectivity index (χ1v) is 5.35. The van der Waals surface area contributed by atoms with E-state index in [9.17, 15) is 9.59 Å². The van der Waals surface area contributed by atoms with E-state index in [1.807, 2.05) is 0 Å². The van der Waals surface area contributed by atoms with Crippen LogP contribution in [0, 0.1) is 0 Å². The predicted octanol–water partition coefficient (Wildman–Crippen LogP) is -3.00. The first-order valence-electron chi connectivity index (χ1n) is 5.35. The molecule has 0 saturated carbocycles. The van der Waals surface area contributed by atoms with Gasteiger partial charge in [-0.1, -0.05) is 0 Å². The standard InChI is InChI=1S/C6H12O6.C5H5NO/c7-1-3(9)5(11)6(12)4(10)2-8;7-5-1-3-6-4-2-5/h1,3-6,8-12H,2H2;1-4H,(H,6,7). The van der Waals surface area contributed by atoms with Gasteiger partial charge >= 0.3 is 0 Å². The molecule has 6 N–H and O–H groups in total. The maximum atomic E-state index is 10.2. The van der Waals surface area contributed by atoms with Crippen LogP contribution in [0.3, 0.4) is 0 Å². The molecular weight excluding hydrogens is 258 g/mol. The van der Waals surface area contributed by atoms with Gasteiger partial charge in [0.15, 0.2) is 11.7 Å². The molecule has 0 aliphatic rings. The van der Waals surface area contributed by atoms with Gasteiger partial charge in [0.25, 0.3) is 0 Å². The van der Waals surface area contributed by atoms with Crippen LogP contribution in [0.15, 0.2) is 29.3 Å². The third-order valence-corrected chi connectivity index (χ3v) is 2.11. The number of aromatic nitrogens is 1. The van der Waals surface area contributed by atoms with Crippen LogP contribution in [-0.4, -0.2) is 67.8 Å². The summed E-state index contributed by atoms with van der Waals surface area (Å²) in [6.45, 7) is -0.760. The van der Waals surface area contributed by atoms with Gasteiger partial charge in [0.05, 0.1) is 6.61 Å². The van der Waals surface area contributed by atoms with Crippen molar-refractivity contribution in [3.63, 3.8) is 0 Å². The lowest BCUT2D eigenvalue weighted by Crippen LogP contribution is -2.46. The maximum Gasteiger partial charge on any atom is 0.181 e. The van der Waals surface area contributed by atoms with Gasteiger partial charge in [-0.25, -0.2) is 0 Å². The van der Waals surface area contributed by atoms with Gasteiger partial charge in [-0.05, 0) is 0 Å². The minimum atomic E-state index is -1.79. The molecule has 1 aromatic rings. The van der Waals surface area contributed by atoms with Gasteiger partial charge in [0.1, 0.15) is 24.4 Å². The number of aldehydes is 1. The Kier molecular flexibility index (Phi) is 8.58. The zero-order valence-corrected chi connectivity index (χ0v) is 9.96. The van der Waals surface area contributed by atoms with Crippen molar-refractivity contribution < 1.29 is 30.3 Å².